The van der Waals surface area contributed by atoms with Gasteiger partial charge in [0, 0.05) is 25.3 Å². The second-order valence-electron chi connectivity index (χ2n) is 5.95. The minimum absolute atomic E-state index is 0.0150. The second kappa shape index (κ2) is 7.05. The number of non-ortho nitro benzene ring substituents is 1. The molecular weight excluding hydrogens is 350 g/mol. The monoisotopic (exact) mass is 367 g/mol. The van der Waals surface area contributed by atoms with E-state index in [0.717, 1.165) is 21.3 Å². The standard InChI is InChI=1S/C19H17N3O3S/c1-12-4-5-13(2)18-17(12)21(3)19(26-18)20-16(23)11-8-14-6-9-15(10-7-14)22(24)25/h4-11H,1-3H3. The Kier molecular flexibility index (Phi) is 4.81. The van der Waals surface area contributed by atoms with E-state index in [4.69, 9.17) is 0 Å². The van der Waals surface area contributed by atoms with Gasteiger partial charge in [-0.2, -0.15) is 4.99 Å². The fourth-order valence-electron chi connectivity index (χ4n) is 2.68. The number of nitro benzene ring substituents is 1. The molecule has 3 aromatic rings. The Labute approximate surface area is 153 Å². The third-order valence-electron chi connectivity index (χ3n) is 4.07. The van der Waals surface area contributed by atoms with E-state index in [0.29, 0.717) is 10.4 Å². The lowest BCUT2D eigenvalue weighted by atomic mass is 10.1. The molecule has 6 nitrogen and oxygen atoms in total. The Bertz CT molecular complexity index is 1110. The highest BCUT2D eigenvalue weighted by atomic mass is 32.1. The number of hydrogen-bond donors (Lipinski definition) is 0. The molecule has 1 aromatic heterocycles. The maximum Gasteiger partial charge on any atom is 0.272 e. The minimum atomic E-state index is -0.459. The minimum Gasteiger partial charge on any atom is -0.319 e. The Morgan fingerprint density at radius 2 is 1.81 bits per heavy atom. The number of carbonyl (C=O) groups excluding carboxylic acids is 1. The van der Waals surface area contributed by atoms with Crippen LogP contribution in [0.25, 0.3) is 16.3 Å². The molecule has 132 valence electrons. The van der Waals surface area contributed by atoms with Crippen LogP contribution in [-0.2, 0) is 11.8 Å². The first-order valence-corrected chi connectivity index (χ1v) is 8.75. The average molecular weight is 367 g/mol. The van der Waals surface area contributed by atoms with E-state index in [1.807, 2.05) is 25.5 Å². The topological polar surface area (TPSA) is 77.5 Å². The SMILES string of the molecule is Cc1ccc(C)c2c1sc(=NC(=O)C=Cc1ccc([N+](=O)[O-])cc1)n2C. The van der Waals surface area contributed by atoms with Gasteiger partial charge in [-0.1, -0.05) is 23.5 Å². The van der Waals surface area contributed by atoms with Crippen LogP contribution in [-0.4, -0.2) is 15.4 Å². The van der Waals surface area contributed by atoms with E-state index in [2.05, 4.69) is 17.1 Å². The number of aromatic nitrogens is 1. The number of carbonyl (C=O) groups is 1. The van der Waals surface area contributed by atoms with Crippen molar-refractivity contribution in [2.75, 3.05) is 0 Å². The summed E-state index contributed by atoms with van der Waals surface area (Å²) in [5, 5.41) is 10.7. The van der Waals surface area contributed by atoms with Crippen LogP contribution >= 0.6 is 11.3 Å². The molecule has 1 amide bonds. The van der Waals surface area contributed by atoms with Gasteiger partial charge in [-0.3, -0.25) is 14.9 Å². The van der Waals surface area contributed by atoms with Crippen molar-refractivity contribution in [3.63, 3.8) is 0 Å². The summed E-state index contributed by atoms with van der Waals surface area (Å²) in [4.78, 5) is 27.2. The summed E-state index contributed by atoms with van der Waals surface area (Å²) in [7, 11) is 1.90. The van der Waals surface area contributed by atoms with Crippen molar-refractivity contribution < 1.29 is 9.72 Å². The van der Waals surface area contributed by atoms with Crippen LogP contribution < -0.4 is 4.80 Å². The Morgan fingerprint density at radius 1 is 1.15 bits per heavy atom. The van der Waals surface area contributed by atoms with Crippen LogP contribution in [0.3, 0.4) is 0 Å². The molecule has 0 aliphatic rings. The van der Waals surface area contributed by atoms with Gasteiger partial charge in [0.2, 0.25) is 0 Å². The summed E-state index contributed by atoms with van der Waals surface area (Å²) in [6.07, 6.45) is 2.96. The molecular formula is C19H17N3O3S. The molecule has 0 aliphatic heterocycles. The summed E-state index contributed by atoms with van der Waals surface area (Å²) in [6, 6.07) is 10.1. The first-order valence-electron chi connectivity index (χ1n) is 7.94. The zero-order chi connectivity index (χ0) is 18.8. The third kappa shape index (κ3) is 3.48. The molecule has 0 bridgehead atoms. The Hall–Kier alpha value is -3.06. The van der Waals surface area contributed by atoms with E-state index < -0.39 is 4.92 Å². The number of thiazole rings is 1. The van der Waals surface area contributed by atoms with Crippen molar-refractivity contribution in [3.05, 3.63) is 74.1 Å². The lowest BCUT2D eigenvalue weighted by Crippen LogP contribution is -2.12. The van der Waals surface area contributed by atoms with Crippen LogP contribution in [0.5, 0.6) is 0 Å². The fraction of sp³-hybridized carbons (Fsp3) is 0.158. The number of nitrogens with zero attached hydrogens (tertiary/aromatic N) is 3. The number of nitro groups is 1. The van der Waals surface area contributed by atoms with Gasteiger partial charge >= 0.3 is 0 Å². The van der Waals surface area contributed by atoms with Crippen molar-refractivity contribution in [1.82, 2.24) is 4.57 Å². The molecule has 0 unspecified atom stereocenters. The molecule has 2 aromatic carbocycles. The lowest BCUT2D eigenvalue weighted by Gasteiger charge is -2.01. The average Bonchev–Trinajstić information content (AvgIpc) is 2.94. The van der Waals surface area contributed by atoms with Gasteiger partial charge in [-0.15, -0.1) is 0 Å². The summed E-state index contributed by atoms with van der Waals surface area (Å²) in [6.45, 7) is 4.08. The molecule has 0 spiro atoms. The van der Waals surface area contributed by atoms with Crippen molar-refractivity contribution in [2.45, 2.75) is 13.8 Å². The van der Waals surface area contributed by atoms with E-state index >= 15 is 0 Å². The second-order valence-corrected chi connectivity index (χ2v) is 6.93. The van der Waals surface area contributed by atoms with Gasteiger partial charge < -0.3 is 4.57 Å². The molecule has 1 heterocycles. The molecule has 3 rings (SSSR count). The van der Waals surface area contributed by atoms with E-state index in [-0.39, 0.29) is 11.6 Å². The molecule has 0 N–H and O–H groups in total. The molecule has 0 saturated carbocycles. The van der Waals surface area contributed by atoms with Gasteiger partial charge in [0.05, 0.1) is 15.1 Å². The van der Waals surface area contributed by atoms with E-state index in [1.54, 1.807) is 18.2 Å². The molecule has 26 heavy (non-hydrogen) atoms. The van der Waals surface area contributed by atoms with Gasteiger partial charge in [-0.05, 0) is 48.7 Å². The highest BCUT2D eigenvalue weighted by Crippen LogP contribution is 2.24. The summed E-state index contributed by atoms with van der Waals surface area (Å²) in [5.41, 5.74) is 4.09. The van der Waals surface area contributed by atoms with Crippen molar-refractivity contribution in [2.24, 2.45) is 12.0 Å². The molecule has 0 aliphatic carbocycles. The van der Waals surface area contributed by atoms with E-state index in [1.165, 1.54) is 29.5 Å². The largest absolute Gasteiger partial charge is 0.319 e. The zero-order valence-corrected chi connectivity index (χ0v) is 15.4. The molecule has 0 saturated heterocycles. The fourth-order valence-corrected chi connectivity index (χ4v) is 3.85. The summed E-state index contributed by atoms with van der Waals surface area (Å²) < 4.78 is 3.05. The lowest BCUT2D eigenvalue weighted by molar-refractivity contribution is -0.384. The molecule has 0 radical (unpaired) electrons. The predicted molar refractivity (Wildman–Crippen MR) is 103 cm³/mol. The van der Waals surface area contributed by atoms with Gasteiger partial charge in [0.1, 0.15) is 0 Å². The maximum absolute atomic E-state index is 12.2. The van der Waals surface area contributed by atoms with Crippen LogP contribution in [0.4, 0.5) is 5.69 Å². The number of amides is 1. The maximum atomic E-state index is 12.2. The number of fused-ring (bicyclic) bond motifs is 1. The smallest absolute Gasteiger partial charge is 0.272 e. The number of hydrogen-bond acceptors (Lipinski definition) is 4. The van der Waals surface area contributed by atoms with Gasteiger partial charge in [0.25, 0.3) is 11.6 Å². The number of rotatable bonds is 3. The van der Waals surface area contributed by atoms with Crippen molar-refractivity contribution >= 4 is 39.2 Å². The highest BCUT2D eigenvalue weighted by Gasteiger charge is 2.09. The third-order valence-corrected chi connectivity index (χ3v) is 5.34. The first kappa shape index (κ1) is 17.8. The van der Waals surface area contributed by atoms with Gasteiger partial charge in [-0.25, -0.2) is 0 Å². The van der Waals surface area contributed by atoms with Crippen molar-refractivity contribution in [1.29, 1.82) is 0 Å². The quantitative estimate of drug-likeness (QED) is 0.400. The van der Waals surface area contributed by atoms with E-state index in [9.17, 15) is 14.9 Å². The summed E-state index contributed by atoms with van der Waals surface area (Å²) in [5.74, 6) is -0.374. The number of aryl methyl sites for hydroxylation is 3. The molecule has 7 heteroatoms. The van der Waals surface area contributed by atoms with Gasteiger partial charge in [0.15, 0.2) is 4.80 Å². The van der Waals surface area contributed by atoms with Crippen LogP contribution in [0, 0.1) is 24.0 Å². The number of benzene rings is 2. The van der Waals surface area contributed by atoms with Crippen LogP contribution in [0.1, 0.15) is 16.7 Å². The van der Waals surface area contributed by atoms with Crippen LogP contribution in [0.15, 0.2) is 47.5 Å². The highest BCUT2D eigenvalue weighted by molar-refractivity contribution is 7.16. The summed E-state index contributed by atoms with van der Waals surface area (Å²) >= 11 is 1.49. The predicted octanol–water partition coefficient (Wildman–Crippen LogP) is 3.91. The molecule has 0 atom stereocenters. The Morgan fingerprint density at radius 3 is 2.42 bits per heavy atom. The normalized spacial score (nSPS) is 12.2. The van der Waals surface area contributed by atoms with Crippen LogP contribution in [0.2, 0.25) is 0 Å². The molecule has 0 fully saturated rings. The Balaban J connectivity index is 1.90. The zero-order valence-electron chi connectivity index (χ0n) is 14.6. The first-order chi connectivity index (χ1) is 12.4. The van der Waals surface area contributed by atoms with Crippen molar-refractivity contribution in [3.8, 4) is 0 Å².